The van der Waals surface area contributed by atoms with E-state index in [4.69, 9.17) is 14.2 Å². The van der Waals surface area contributed by atoms with Crippen LogP contribution in [0.3, 0.4) is 0 Å². The highest BCUT2D eigenvalue weighted by atomic mass is 16.6. The summed E-state index contributed by atoms with van der Waals surface area (Å²) in [5, 5.41) is 0. The first kappa shape index (κ1) is 54.4. The zero-order valence-corrected chi connectivity index (χ0v) is 37.9. The van der Waals surface area contributed by atoms with Gasteiger partial charge in [-0.1, -0.05) is 245 Å². The molecule has 0 aromatic rings. The molecule has 56 heavy (non-hydrogen) atoms. The van der Waals surface area contributed by atoms with Crippen molar-refractivity contribution < 1.29 is 28.6 Å². The Kier molecular flexibility index (Phi) is 44.8. The number of esters is 3. The maximum absolute atomic E-state index is 12.6. The van der Waals surface area contributed by atoms with Gasteiger partial charge in [-0.2, -0.15) is 0 Å². The van der Waals surface area contributed by atoms with Crippen molar-refractivity contribution in [3.8, 4) is 0 Å². The van der Waals surface area contributed by atoms with Gasteiger partial charge in [0.05, 0.1) is 0 Å². The lowest BCUT2D eigenvalue weighted by Gasteiger charge is -2.18. The van der Waals surface area contributed by atoms with Crippen LogP contribution >= 0.6 is 0 Å². The number of carbonyl (C=O) groups is 3. The van der Waals surface area contributed by atoms with Crippen molar-refractivity contribution in [1.29, 1.82) is 0 Å². The average Bonchev–Trinajstić information content (AvgIpc) is 3.19. The highest BCUT2D eigenvalue weighted by Gasteiger charge is 2.19. The first-order chi connectivity index (χ1) is 27.5. The second-order valence-corrected chi connectivity index (χ2v) is 17.1. The van der Waals surface area contributed by atoms with Crippen LogP contribution in [0.5, 0.6) is 0 Å². The molecular formula is C50H96O6. The van der Waals surface area contributed by atoms with E-state index in [1.165, 1.54) is 180 Å². The van der Waals surface area contributed by atoms with E-state index in [0.29, 0.717) is 19.3 Å². The van der Waals surface area contributed by atoms with Crippen molar-refractivity contribution >= 4 is 17.9 Å². The smallest absolute Gasteiger partial charge is 0.306 e. The predicted octanol–water partition coefficient (Wildman–Crippen LogP) is 16.0. The zero-order chi connectivity index (χ0) is 40.8. The standard InChI is InChI=1S/C50H96O6/c1-4-7-10-13-15-17-19-21-23-24-25-26-27-29-31-33-35-38-40-43-49(52)55-46-47(56-50(53)44-41-36-12-9-6-3)45-54-48(51)42-39-37-34-32-30-28-22-20-18-16-14-11-8-5-2/h47H,4-46H2,1-3H3/t47-/m1/s1. The van der Waals surface area contributed by atoms with Crippen LogP contribution < -0.4 is 0 Å². The van der Waals surface area contributed by atoms with Crippen molar-refractivity contribution in [2.24, 2.45) is 0 Å². The van der Waals surface area contributed by atoms with Gasteiger partial charge in [-0.05, 0) is 19.3 Å². The Bertz CT molecular complexity index is 828. The highest BCUT2D eigenvalue weighted by Crippen LogP contribution is 2.17. The van der Waals surface area contributed by atoms with E-state index in [1.54, 1.807) is 0 Å². The quantitative estimate of drug-likeness (QED) is 0.0347. The molecule has 0 fully saturated rings. The third kappa shape index (κ3) is 43.5. The minimum atomic E-state index is -0.757. The van der Waals surface area contributed by atoms with E-state index in [9.17, 15) is 14.4 Å². The average molecular weight is 793 g/mol. The van der Waals surface area contributed by atoms with Crippen LogP contribution in [-0.4, -0.2) is 37.2 Å². The van der Waals surface area contributed by atoms with Gasteiger partial charge >= 0.3 is 17.9 Å². The van der Waals surface area contributed by atoms with Crippen LogP contribution in [0.15, 0.2) is 0 Å². The molecule has 0 radical (unpaired) electrons. The molecule has 0 aliphatic carbocycles. The normalized spacial score (nSPS) is 11.8. The van der Waals surface area contributed by atoms with Gasteiger partial charge in [-0.25, -0.2) is 0 Å². The second kappa shape index (κ2) is 46.1. The van der Waals surface area contributed by atoms with Gasteiger partial charge in [0, 0.05) is 19.3 Å². The summed E-state index contributed by atoms with van der Waals surface area (Å²) in [5.41, 5.74) is 0. The number of rotatable bonds is 46. The Morgan fingerprint density at radius 1 is 0.286 bits per heavy atom. The monoisotopic (exact) mass is 793 g/mol. The number of ether oxygens (including phenoxy) is 3. The molecule has 0 aromatic carbocycles. The summed E-state index contributed by atoms with van der Waals surface area (Å²) in [6, 6.07) is 0. The molecule has 0 unspecified atom stereocenters. The minimum Gasteiger partial charge on any atom is -0.462 e. The van der Waals surface area contributed by atoms with E-state index in [2.05, 4.69) is 20.8 Å². The van der Waals surface area contributed by atoms with Gasteiger partial charge in [0.1, 0.15) is 13.2 Å². The van der Waals surface area contributed by atoms with Gasteiger partial charge in [0.25, 0.3) is 0 Å². The summed E-state index contributed by atoms with van der Waals surface area (Å²) in [6.45, 7) is 6.59. The second-order valence-electron chi connectivity index (χ2n) is 17.1. The molecule has 0 heterocycles. The van der Waals surface area contributed by atoms with E-state index in [1.807, 2.05) is 0 Å². The van der Waals surface area contributed by atoms with Gasteiger partial charge in [-0.15, -0.1) is 0 Å². The lowest BCUT2D eigenvalue weighted by Crippen LogP contribution is -2.30. The third-order valence-electron chi connectivity index (χ3n) is 11.4. The van der Waals surface area contributed by atoms with Crippen molar-refractivity contribution in [2.45, 2.75) is 290 Å². The van der Waals surface area contributed by atoms with Gasteiger partial charge in [0.2, 0.25) is 0 Å². The van der Waals surface area contributed by atoms with Crippen LogP contribution in [-0.2, 0) is 28.6 Å². The first-order valence-corrected chi connectivity index (χ1v) is 25.0. The van der Waals surface area contributed by atoms with Crippen LogP contribution in [0.1, 0.15) is 284 Å². The lowest BCUT2D eigenvalue weighted by molar-refractivity contribution is -0.167. The van der Waals surface area contributed by atoms with Crippen molar-refractivity contribution in [1.82, 2.24) is 0 Å². The van der Waals surface area contributed by atoms with E-state index < -0.39 is 6.10 Å². The first-order valence-electron chi connectivity index (χ1n) is 25.0. The van der Waals surface area contributed by atoms with Gasteiger partial charge in [-0.3, -0.25) is 14.4 Å². The maximum atomic E-state index is 12.6. The van der Waals surface area contributed by atoms with Crippen molar-refractivity contribution in [3.63, 3.8) is 0 Å². The Hall–Kier alpha value is -1.59. The van der Waals surface area contributed by atoms with Crippen molar-refractivity contribution in [3.05, 3.63) is 0 Å². The van der Waals surface area contributed by atoms with E-state index in [0.717, 1.165) is 64.2 Å². The molecule has 0 rings (SSSR count). The Morgan fingerprint density at radius 3 is 0.714 bits per heavy atom. The third-order valence-corrected chi connectivity index (χ3v) is 11.4. The van der Waals surface area contributed by atoms with Crippen LogP contribution in [0, 0.1) is 0 Å². The SMILES string of the molecule is CCCCCCCCCCCCCCCCCCCCCC(=O)OC[C@@H](COC(=O)CCCCCCCCCCCCCCCC)OC(=O)CCCCCCC. The molecule has 0 aliphatic rings. The van der Waals surface area contributed by atoms with Gasteiger partial charge < -0.3 is 14.2 Å². The number of carbonyl (C=O) groups excluding carboxylic acids is 3. The molecule has 332 valence electrons. The molecule has 0 spiro atoms. The molecule has 0 saturated heterocycles. The Morgan fingerprint density at radius 2 is 0.482 bits per heavy atom. The maximum Gasteiger partial charge on any atom is 0.306 e. The molecule has 0 aromatic heterocycles. The predicted molar refractivity (Wildman–Crippen MR) is 238 cm³/mol. The molecule has 6 nitrogen and oxygen atoms in total. The fraction of sp³-hybridized carbons (Fsp3) is 0.940. The molecule has 1 atom stereocenters. The summed E-state index contributed by atoms with van der Waals surface area (Å²) < 4.78 is 16.7. The number of hydrogen-bond acceptors (Lipinski definition) is 6. The fourth-order valence-electron chi connectivity index (χ4n) is 7.56. The molecular weight excluding hydrogens is 697 g/mol. The van der Waals surface area contributed by atoms with E-state index >= 15 is 0 Å². The van der Waals surface area contributed by atoms with Crippen LogP contribution in [0.2, 0.25) is 0 Å². The summed E-state index contributed by atoms with van der Waals surface area (Å²) in [6.07, 6.45) is 48.4. The number of hydrogen-bond donors (Lipinski definition) is 0. The molecule has 0 N–H and O–H groups in total. The minimum absolute atomic E-state index is 0.0638. The van der Waals surface area contributed by atoms with Crippen LogP contribution in [0.4, 0.5) is 0 Å². The largest absolute Gasteiger partial charge is 0.462 e. The summed E-state index contributed by atoms with van der Waals surface area (Å²) >= 11 is 0. The Labute approximate surface area is 348 Å². The molecule has 0 bridgehead atoms. The van der Waals surface area contributed by atoms with Gasteiger partial charge in [0.15, 0.2) is 6.10 Å². The lowest BCUT2D eigenvalue weighted by atomic mass is 10.0. The molecule has 0 saturated carbocycles. The number of unbranched alkanes of at least 4 members (excludes halogenated alkanes) is 35. The molecule has 0 aliphatic heterocycles. The zero-order valence-electron chi connectivity index (χ0n) is 37.9. The highest BCUT2D eigenvalue weighted by molar-refractivity contribution is 5.71. The summed E-state index contributed by atoms with van der Waals surface area (Å²) in [7, 11) is 0. The fourth-order valence-corrected chi connectivity index (χ4v) is 7.56. The molecule has 0 amide bonds. The Balaban J connectivity index is 4.05. The summed E-state index contributed by atoms with van der Waals surface area (Å²) in [4.78, 5) is 37.6. The van der Waals surface area contributed by atoms with Crippen molar-refractivity contribution in [2.75, 3.05) is 13.2 Å². The topological polar surface area (TPSA) is 78.9 Å². The van der Waals surface area contributed by atoms with Crippen LogP contribution in [0.25, 0.3) is 0 Å². The molecule has 6 heteroatoms. The van der Waals surface area contributed by atoms with E-state index in [-0.39, 0.29) is 31.1 Å². The summed E-state index contributed by atoms with van der Waals surface area (Å²) in [5.74, 6) is -0.861.